The Bertz CT molecular complexity index is 1950. The number of aromatic amines is 1. The molecule has 2 aromatic heterocycles. The number of likely N-dealkylation sites (tertiary alicyclic amines) is 1. The Balaban J connectivity index is 0.942. The first-order valence-corrected chi connectivity index (χ1v) is 20.5. The third-order valence-electron chi connectivity index (χ3n) is 10.9. The monoisotopic (exact) mass is 813 g/mol. The van der Waals surface area contributed by atoms with E-state index < -0.39 is 17.6 Å². The molecule has 5 N–H and O–H groups in total. The van der Waals surface area contributed by atoms with Gasteiger partial charge in [-0.15, -0.1) is 0 Å². The van der Waals surface area contributed by atoms with Crippen LogP contribution in [0.2, 0.25) is 0 Å². The molecule has 6 rings (SSSR count). The lowest BCUT2D eigenvalue weighted by Gasteiger charge is -2.35. The minimum Gasteiger partial charge on any atom is -0.460 e. The molecule has 0 bridgehead atoms. The van der Waals surface area contributed by atoms with E-state index in [2.05, 4.69) is 77.6 Å². The number of anilines is 2. The first-order valence-electron chi connectivity index (χ1n) is 19.7. The number of hydrogen-bond acceptors (Lipinski definition) is 8. The molecule has 0 unspecified atom stereocenters. The van der Waals surface area contributed by atoms with Gasteiger partial charge in [0.15, 0.2) is 0 Å². The Labute approximate surface area is 333 Å². The lowest BCUT2D eigenvalue weighted by molar-refractivity contribution is -0.155. The summed E-state index contributed by atoms with van der Waals surface area (Å²) >= 11 is 3.73. The number of carbonyl (C=O) groups is 3. The molecule has 2 aliphatic rings. The predicted octanol–water partition coefficient (Wildman–Crippen LogP) is 7.65. The SMILES string of the molecule is CN1CCC[C@@H]1c1cc2cnc(NC(=O)c3ccc(CCCC4CCN(c5cccc(Br)c5CN[C@@H](CCC(=O)OC(C)(C)C)C(N)=O)CC4)cc3)cc2[nH]1. The summed E-state index contributed by atoms with van der Waals surface area (Å²) < 4.78 is 6.37. The number of aromatic nitrogens is 2. The third kappa shape index (κ3) is 11.0. The van der Waals surface area contributed by atoms with Crippen molar-refractivity contribution in [1.82, 2.24) is 20.2 Å². The molecule has 0 saturated carbocycles. The summed E-state index contributed by atoms with van der Waals surface area (Å²) in [7, 11) is 2.16. The van der Waals surface area contributed by atoms with Crippen LogP contribution in [0.5, 0.6) is 0 Å². The van der Waals surface area contributed by atoms with Crippen LogP contribution in [0.25, 0.3) is 10.9 Å². The highest BCUT2D eigenvalue weighted by molar-refractivity contribution is 9.10. The molecule has 55 heavy (non-hydrogen) atoms. The van der Waals surface area contributed by atoms with Crippen molar-refractivity contribution >= 4 is 56.1 Å². The van der Waals surface area contributed by atoms with Gasteiger partial charge in [-0.3, -0.25) is 19.3 Å². The fourth-order valence-electron chi connectivity index (χ4n) is 7.91. The van der Waals surface area contributed by atoms with Crippen molar-refractivity contribution in [2.24, 2.45) is 11.7 Å². The van der Waals surface area contributed by atoms with Gasteiger partial charge in [-0.2, -0.15) is 0 Å². The van der Waals surface area contributed by atoms with Crippen LogP contribution in [-0.2, 0) is 27.3 Å². The van der Waals surface area contributed by atoms with Crippen LogP contribution in [0.4, 0.5) is 11.5 Å². The van der Waals surface area contributed by atoms with Crippen molar-refractivity contribution in [2.75, 3.05) is 36.9 Å². The Hall–Kier alpha value is -4.26. The van der Waals surface area contributed by atoms with E-state index in [1.165, 1.54) is 17.7 Å². The Morgan fingerprint density at radius 1 is 1.05 bits per heavy atom. The lowest BCUT2D eigenvalue weighted by atomic mass is 9.90. The highest BCUT2D eigenvalue weighted by atomic mass is 79.9. The van der Waals surface area contributed by atoms with Crippen LogP contribution in [-0.4, -0.2) is 71.0 Å². The number of aryl methyl sites for hydroxylation is 1. The van der Waals surface area contributed by atoms with Crippen molar-refractivity contribution in [3.63, 3.8) is 0 Å². The summed E-state index contributed by atoms with van der Waals surface area (Å²) in [5.74, 6) is 0.199. The van der Waals surface area contributed by atoms with E-state index >= 15 is 0 Å². The molecule has 4 heterocycles. The molecule has 2 atom stereocenters. The fraction of sp³-hybridized carbons (Fsp3) is 0.488. The molecule has 2 amide bonds. The van der Waals surface area contributed by atoms with Gasteiger partial charge in [0.25, 0.3) is 5.91 Å². The van der Waals surface area contributed by atoms with E-state index in [-0.39, 0.29) is 24.7 Å². The first-order chi connectivity index (χ1) is 26.3. The van der Waals surface area contributed by atoms with Crippen LogP contribution in [0.1, 0.15) is 105 Å². The highest BCUT2D eigenvalue weighted by Gasteiger charge is 2.26. The van der Waals surface area contributed by atoms with Gasteiger partial charge in [-0.1, -0.05) is 34.1 Å². The quantitative estimate of drug-likeness (QED) is 0.0897. The van der Waals surface area contributed by atoms with Gasteiger partial charge in [0.05, 0.1) is 11.6 Å². The summed E-state index contributed by atoms with van der Waals surface area (Å²) in [5.41, 5.74) is 11.4. The van der Waals surface area contributed by atoms with Gasteiger partial charge in [-0.05, 0) is 128 Å². The summed E-state index contributed by atoms with van der Waals surface area (Å²) in [4.78, 5) is 50.4. The number of carbonyl (C=O) groups excluding carboxylic acids is 3. The minimum absolute atomic E-state index is 0.112. The number of ether oxygens (including phenoxy) is 1. The second-order valence-corrected chi connectivity index (χ2v) is 17.0. The van der Waals surface area contributed by atoms with Crippen LogP contribution >= 0.6 is 15.9 Å². The largest absolute Gasteiger partial charge is 0.460 e. The molecule has 4 aromatic rings. The number of H-pyrrole nitrogens is 1. The summed E-state index contributed by atoms with van der Waals surface area (Å²) in [6, 6.07) is 18.0. The zero-order valence-electron chi connectivity index (χ0n) is 32.6. The van der Waals surface area contributed by atoms with Crippen molar-refractivity contribution < 1.29 is 19.1 Å². The molecular formula is C43H56BrN7O4. The van der Waals surface area contributed by atoms with E-state index in [0.29, 0.717) is 29.9 Å². The first kappa shape index (κ1) is 40.4. The van der Waals surface area contributed by atoms with E-state index in [1.807, 2.05) is 57.3 Å². The number of nitrogens with one attached hydrogen (secondary N) is 3. The number of benzene rings is 2. The summed E-state index contributed by atoms with van der Waals surface area (Å²) in [5, 5.41) is 7.32. The topological polar surface area (TPSA) is 146 Å². The normalized spacial score (nSPS) is 17.4. The molecular weight excluding hydrogens is 758 g/mol. The molecule has 294 valence electrons. The molecule has 12 heteroatoms. The minimum atomic E-state index is -0.646. The number of rotatable bonds is 15. The van der Waals surface area contributed by atoms with Crippen LogP contribution in [0.3, 0.4) is 0 Å². The molecule has 0 radical (unpaired) electrons. The van der Waals surface area contributed by atoms with Gasteiger partial charge in [-0.25, -0.2) is 4.98 Å². The smallest absolute Gasteiger partial charge is 0.306 e. The maximum atomic E-state index is 13.1. The maximum absolute atomic E-state index is 13.1. The zero-order valence-corrected chi connectivity index (χ0v) is 34.2. The molecule has 0 aliphatic carbocycles. The predicted molar refractivity (Wildman–Crippen MR) is 222 cm³/mol. The second-order valence-electron chi connectivity index (χ2n) is 16.2. The van der Waals surface area contributed by atoms with E-state index in [0.717, 1.165) is 84.8 Å². The molecule has 2 fully saturated rings. The number of pyridine rings is 1. The van der Waals surface area contributed by atoms with Gasteiger partial charge < -0.3 is 31.0 Å². The average Bonchev–Trinajstić information content (AvgIpc) is 3.77. The summed E-state index contributed by atoms with van der Waals surface area (Å²) in [6.45, 7) is 8.94. The molecule has 2 aliphatic heterocycles. The van der Waals surface area contributed by atoms with Crippen LogP contribution in [0, 0.1) is 5.92 Å². The number of primary amides is 1. The molecule has 11 nitrogen and oxygen atoms in total. The standard InChI is InChI=1S/C43H56BrN7O4/c1-43(2,3)55-40(52)18-17-34(41(45)53)46-27-32-33(44)10-6-11-37(32)51-22-19-29(20-23-51)9-5-8-28-13-15-30(16-14-28)42(54)49-39-25-35-31(26-47-39)24-36(48-35)38-12-7-21-50(38)4/h6,10-11,13-16,24-26,29,34,38,46,48H,5,7-9,12,17-23,27H2,1-4H3,(H2,45,53)(H,47,49,54)/t34-,38+/m0/s1. The van der Waals surface area contributed by atoms with E-state index in [4.69, 9.17) is 10.5 Å². The lowest BCUT2D eigenvalue weighted by Crippen LogP contribution is -2.42. The number of nitrogens with two attached hydrogens (primary N) is 1. The number of piperidine rings is 1. The van der Waals surface area contributed by atoms with E-state index in [1.54, 1.807) is 0 Å². The number of fused-ring (bicyclic) bond motifs is 1. The molecule has 0 spiro atoms. The maximum Gasteiger partial charge on any atom is 0.306 e. The fourth-order valence-corrected chi connectivity index (χ4v) is 8.41. The van der Waals surface area contributed by atoms with Crippen LogP contribution < -0.4 is 21.3 Å². The highest BCUT2D eigenvalue weighted by Crippen LogP contribution is 2.34. The average molecular weight is 815 g/mol. The second kappa shape index (κ2) is 18.1. The Morgan fingerprint density at radius 2 is 1.82 bits per heavy atom. The Kier molecular flexibility index (Phi) is 13.3. The number of hydrogen-bond donors (Lipinski definition) is 4. The third-order valence-corrected chi connectivity index (χ3v) is 11.7. The van der Waals surface area contributed by atoms with Crippen LogP contribution in [0.15, 0.2) is 65.3 Å². The molecule has 2 saturated heterocycles. The van der Waals surface area contributed by atoms with Crippen molar-refractivity contribution in [1.29, 1.82) is 0 Å². The Morgan fingerprint density at radius 3 is 2.51 bits per heavy atom. The van der Waals surface area contributed by atoms with Crippen molar-refractivity contribution in [2.45, 2.75) is 103 Å². The molecule has 2 aromatic carbocycles. The number of amides is 2. The van der Waals surface area contributed by atoms with Gasteiger partial charge >= 0.3 is 5.97 Å². The van der Waals surface area contributed by atoms with Gasteiger partial charge in [0, 0.05) is 76.7 Å². The van der Waals surface area contributed by atoms with Gasteiger partial charge in [0.2, 0.25) is 5.91 Å². The zero-order chi connectivity index (χ0) is 39.1. The van der Waals surface area contributed by atoms with Gasteiger partial charge in [0.1, 0.15) is 11.4 Å². The van der Waals surface area contributed by atoms with Crippen molar-refractivity contribution in [3.05, 3.63) is 87.7 Å². The van der Waals surface area contributed by atoms with Crippen molar-refractivity contribution in [3.8, 4) is 0 Å². The number of esters is 1. The number of halogens is 1. The summed E-state index contributed by atoms with van der Waals surface area (Å²) in [6.07, 6.45) is 10.0. The number of nitrogens with zero attached hydrogens (tertiary/aromatic N) is 3. The van der Waals surface area contributed by atoms with E-state index in [9.17, 15) is 14.4 Å².